The second-order valence-electron chi connectivity index (χ2n) is 3.09. The van der Waals surface area contributed by atoms with Gasteiger partial charge in [0.25, 0.3) is 0 Å². The lowest BCUT2D eigenvalue weighted by Gasteiger charge is -2.08. The van der Waals surface area contributed by atoms with Crippen molar-refractivity contribution in [1.29, 1.82) is 0 Å². The molecule has 0 aromatic heterocycles. The zero-order chi connectivity index (χ0) is 8.39. The molecule has 0 unspecified atom stereocenters. The van der Waals surface area contributed by atoms with Crippen LogP contribution in [0.2, 0.25) is 0 Å². The zero-order valence-electron chi connectivity index (χ0n) is 6.88. The Bertz CT molecular complexity index is 225. The molecule has 2 aliphatic rings. The number of hydrogen-bond acceptors (Lipinski definition) is 4. The minimum absolute atomic E-state index is 0.135. The fourth-order valence-corrected chi connectivity index (χ4v) is 1.49. The minimum Gasteiger partial charge on any atom is -0.464 e. The van der Waals surface area contributed by atoms with Crippen molar-refractivity contribution >= 4 is 11.8 Å². The van der Waals surface area contributed by atoms with Crippen LogP contribution in [0.1, 0.15) is 19.3 Å². The summed E-state index contributed by atoms with van der Waals surface area (Å²) < 4.78 is 4.82. The highest BCUT2D eigenvalue weighted by atomic mass is 16.5. The normalized spacial score (nSPS) is 28.5. The lowest BCUT2D eigenvalue weighted by atomic mass is 10.2. The SMILES string of the molecule is O=C1OCC[C@H]1NC1=NCCC1. The molecule has 4 heteroatoms. The van der Waals surface area contributed by atoms with Crippen LogP contribution in [0.5, 0.6) is 0 Å². The number of nitrogens with one attached hydrogen (secondary N) is 1. The van der Waals surface area contributed by atoms with Crippen molar-refractivity contribution in [2.75, 3.05) is 13.2 Å². The number of esters is 1. The van der Waals surface area contributed by atoms with Gasteiger partial charge in [0.1, 0.15) is 6.04 Å². The second kappa shape index (κ2) is 3.13. The lowest BCUT2D eigenvalue weighted by molar-refractivity contribution is -0.139. The van der Waals surface area contributed by atoms with Gasteiger partial charge >= 0.3 is 5.97 Å². The quantitative estimate of drug-likeness (QED) is 0.564. The maximum absolute atomic E-state index is 11.0. The van der Waals surface area contributed by atoms with E-state index in [0.717, 1.165) is 31.6 Å². The first-order chi connectivity index (χ1) is 5.86. The number of carbonyl (C=O) groups is 1. The van der Waals surface area contributed by atoms with Gasteiger partial charge in [-0.15, -0.1) is 0 Å². The molecular formula is C8H12N2O2. The monoisotopic (exact) mass is 168 g/mol. The maximum atomic E-state index is 11.0. The van der Waals surface area contributed by atoms with Gasteiger partial charge in [0.2, 0.25) is 0 Å². The molecule has 66 valence electrons. The molecule has 1 fully saturated rings. The Kier molecular flexibility index (Phi) is 1.98. The van der Waals surface area contributed by atoms with Gasteiger partial charge in [0.05, 0.1) is 12.4 Å². The number of cyclic esters (lactones) is 1. The zero-order valence-corrected chi connectivity index (χ0v) is 6.88. The van der Waals surface area contributed by atoms with E-state index < -0.39 is 0 Å². The third-order valence-electron chi connectivity index (χ3n) is 2.15. The molecule has 0 bridgehead atoms. The average molecular weight is 168 g/mol. The van der Waals surface area contributed by atoms with E-state index >= 15 is 0 Å². The molecule has 0 aromatic rings. The summed E-state index contributed by atoms with van der Waals surface area (Å²) in [4.78, 5) is 15.3. The molecule has 1 N–H and O–H groups in total. The molecule has 1 atom stereocenters. The average Bonchev–Trinajstić information content (AvgIpc) is 2.65. The van der Waals surface area contributed by atoms with E-state index in [1.165, 1.54) is 0 Å². The van der Waals surface area contributed by atoms with Crippen LogP contribution in [0.25, 0.3) is 0 Å². The molecule has 0 amide bonds. The number of ether oxygens (including phenoxy) is 1. The number of aliphatic imine (C=N–C) groups is 1. The van der Waals surface area contributed by atoms with Crippen molar-refractivity contribution in [3.63, 3.8) is 0 Å². The van der Waals surface area contributed by atoms with Crippen LogP contribution in [0, 0.1) is 0 Å². The summed E-state index contributed by atoms with van der Waals surface area (Å²) in [5.74, 6) is 0.837. The van der Waals surface area contributed by atoms with Crippen molar-refractivity contribution < 1.29 is 9.53 Å². The highest BCUT2D eigenvalue weighted by Crippen LogP contribution is 2.08. The van der Waals surface area contributed by atoms with E-state index in [0.29, 0.717) is 6.61 Å². The van der Waals surface area contributed by atoms with Crippen molar-refractivity contribution in [3.05, 3.63) is 0 Å². The molecule has 0 aromatic carbocycles. The number of nitrogens with zero attached hydrogens (tertiary/aromatic N) is 1. The highest BCUT2D eigenvalue weighted by molar-refractivity contribution is 5.89. The predicted octanol–water partition coefficient (Wildman–Crippen LogP) is 0.0838. The maximum Gasteiger partial charge on any atom is 0.328 e. The van der Waals surface area contributed by atoms with Crippen molar-refractivity contribution in [2.24, 2.45) is 4.99 Å². The molecule has 2 rings (SSSR count). The van der Waals surface area contributed by atoms with Crippen LogP contribution in [-0.4, -0.2) is 31.0 Å². The molecule has 0 spiro atoms. The predicted molar refractivity (Wildman–Crippen MR) is 44.0 cm³/mol. The van der Waals surface area contributed by atoms with Crippen LogP contribution < -0.4 is 5.32 Å². The Morgan fingerprint density at radius 2 is 2.50 bits per heavy atom. The summed E-state index contributed by atoms with van der Waals surface area (Å²) in [6.07, 6.45) is 2.85. The molecule has 0 radical (unpaired) electrons. The van der Waals surface area contributed by atoms with E-state index in [9.17, 15) is 4.79 Å². The van der Waals surface area contributed by atoms with Gasteiger partial charge in [-0.05, 0) is 6.42 Å². The Balaban J connectivity index is 1.89. The molecule has 2 heterocycles. The third-order valence-corrected chi connectivity index (χ3v) is 2.15. The number of hydrogen-bond donors (Lipinski definition) is 1. The summed E-state index contributed by atoms with van der Waals surface area (Å²) >= 11 is 0. The standard InChI is InChI=1S/C8H12N2O2/c11-8-6(3-5-12-8)10-7-2-1-4-9-7/h6H,1-5H2,(H,9,10)/t6-/m1/s1. The van der Waals surface area contributed by atoms with Crippen molar-refractivity contribution in [1.82, 2.24) is 5.32 Å². The van der Waals surface area contributed by atoms with Crippen molar-refractivity contribution in [2.45, 2.75) is 25.3 Å². The summed E-state index contributed by atoms with van der Waals surface area (Å²) in [6, 6.07) is -0.137. The first-order valence-electron chi connectivity index (χ1n) is 4.33. The smallest absolute Gasteiger partial charge is 0.328 e. The largest absolute Gasteiger partial charge is 0.464 e. The Morgan fingerprint density at radius 3 is 3.08 bits per heavy atom. The van der Waals surface area contributed by atoms with Gasteiger partial charge in [-0.3, -0.25) is 4.99 Å². The molecule has 1 saturated heterocycles. The first-order valence-corrected chi connectivity index (χ1v) is 4.33. The van der Waals surface area contributed by atoms with Crippen LogP contribution in [0.4, 0.5) is 0 Å². The molecule has 12 heavy (non-hydrogen) atoms. The molecule has 0 aliphatic carbocycles. The van der Waals surface area contributed by atoms with Crippen LogP contribution in [-0.2, 0) is 9.53 Å². The minimum atomic E-state index is -0.137. The van der Waals surface area contributed by atoms with Gasteiger partial charge < -0.3 is 10.1 Å². The molecule has 4 nitrogen and oxygen atoms in total. The van der Waals surface area contributed by atoms with Crippen LogP contribution in [0.15, 0.2) is 4.99 Å². The molecule has 0 saturated carbocycles. The summed E-state index contributed by atoms with van der Waals surface area (Å²) in [5.41, 5.74) is 0. The summed E-state index contributed by atoms with van der Waals surface area (Å²) in [6.45, 7) is 1.44. The number of amidine groups is 1. The fraction of sp³-hybridized carbons (Fsp3) is 0.750. The number of carbonyl (C=O) groups excluding carboxylic acids is 1. The van der Waals surface area contributed by atoms with E-state index in [1.807, 2.05) is 0 Å². The fourth-order valence-electron chi connectivity index (χ4n) is 1.49. The Labute approximate surface area is 71.0 Å². The van der Waals surface area contributed by atoms with Gasteiger partial charge in [-0.1, -0.05) is 0 Å². The highest BCUT2D eigenvalue weighted by Gasteiger charge is 2.27. The van der Waals surface area contributed by atoms with Gasteiger partial charge in [-0.25, -0.2) is 4.79 Å². The summed E-state index contributed by atoms with van der Waals surface area (Å²) in [7, 11) is 0. The van der Waals surface area contributed by atoms with E-state index in [1.54, 1.807) is 0 Å². The van der Waals surface area contributed by atoms with Crippen LogP contribution >= 0.6 is 0 Å². The van der Waals surface area contributed by atoms with E-state index in [-0.39, 0.29) is 12.0 Å². The Morgan fingerprint density at radius 1 is 1.58 bits per heavy atom. The third kappa shape index (κ3) is 1.42. The van der Waals surface area contributed by atoms with Gasteiger partial charge in [0.15, 0.2) is 0 Å². The second-order valence-corrected chi connectivity index (χ2v) is 3.09. The van der Waals surface area contributed by atoms with Gasteiger partial charge in [-0.2, -0.15) is 0 Å². The first kappa shape index (κ1) is 7.58. The molecule has 2 aliphatic heterocycles. The van der Waals surface area contributed by atoms with Crippen molar-refractivity contribution in [3.8, 4) is 0 Å². The van der Waals surface area contributed by atoms with E-state index in [2.05, 4.69) is 10.3 Å². The van der Waals surface area contributed by atoms with Crippen LogP contribution in [0.3, 0.4) is 0 Å². The Hall–Kier alpha value is -1.06. The summed E-state index contributed by atoms with van der Waals surface area (Å²) in [5, 5.41) is 3.10. The molecular weight excluding hydrogens is 156 g/mol. The topological polar surface area (TPSA) is 50.7 Å². The number of rotatable bonds is 1. The lowest BCUT2D eigenvalue weighted by Crippen LogP contribution is -2.37. The van der Waals surface area contributed by atoms with Gasteiger partial charge in [0, 0.05) is 19.4 Å². The van der Waals surface area contributed by atoms with E-state index in [4.69, 9.17) is 4.74 Å².